The summed E-state index contributed by atoms with van der Waals surface area (Å²) >= 11 is 0. The average Bonchev–Trinajstić information content (AvgIpc) is 3.88. The van der Waals surface area contributed by atoms with Gasteiger partial charge in [0.05, 0.1) is 54.6 Å². The van der Waals surface area contributed by atoms with Crippen LogP contribution in [0.25, 0.3) is 45.4 Å². The largest absolute Gasteiger partial charge is 0.548 e. The lowest BCUT2D eigenvalue weighted by Gasteiger charge is -2.20. The number of allylic oxidation sites excluding steroid dienone is 1. The van der Waals surface area contributed by atoms with Gasteiger partial charge in [0.1, 0.15) is 5.75 Å². The number of nitrogens with zero attached hydrogens (tertiary/aromatic N) is 2. The van der Waals surface area contributed by atoms with Crippen LogP contribution in [0.2, 0.25) is 0 Å². The maximum absolute atomic E-state index is 13.8. The molecule has 5 heterocycles. The van der Waals surface area contributed by atoms with Gasteiger partial charge in [-0.1, -0.05) is 38.1 Å². The third-order valence-corrected chi connectivity index (χ3v) is 11.3. The van der Waals surface area contributed by atoms with Crippen molar-refractivity contribution in [1.29, 1.82) is 0 Å². The first-order chi connectivity index (χ1) is 28.5. The Morgan fingerprint density at radius 2 is 1.57 bits per heavy atom. The second-order valence-electron chi connectivity index (χ2n) is 15.0. The van der Waals surface area contributed by atoms with Gasteiger partial charge in [0.25, 0.3) is 0 Å². The number of methoxy groups -OCH3 is 1. The molecule has 0 saturated carbocycles. The zero-order chi connectivity index (χ0) is 43.6. The van der Waals surface area contributed by atoms with E-state index in [0.717, 1.165) is 44.6 Å². The number of nitrogens with one attached hydrogen (secondary N) is 3. The van der Waals surface area contributed by atoms with Crippen LogP contribution in [0, 0.1) is 13.8 Å². The molecule has 60 heavy (non-hydrogen) atoms. The van der Waals surface area contributed by atoms with Crippen molar-refractivity contribution in [3.05, 3.63) is 98.6 Å². The third kappa shape index (κ3) is 8.70. The van der Waals surface area contributed by atoms with Gasteiger partial charge in [-0.3, -0.25) is 19.4 Å². The summed E-state index contributed by atoms with van der Waals surface area (Å²) in [6.45, 7) is 9.44. The van der Waals surface area contributed by atoms with Gasteiger partial charge in [0, 0.05) is 57.1 Å². The number of aryl methyl sites for hydroxylation is 3. The molecule has 2 aliphatic heterocycles. The van der Waals surface area contributed by atoms with Gasteiger partial charge in [-0.05, 0) is 91.8 Å². The number of carbonyl (C=O) groups is 5. The lowest BCUT2D eigenvalue weighted by atomic mass is 9.84. The van der Waals surface area contributed by atoms with Gasteiger partial charge in [-0.15, -0.1) is 0 Å². The molecule has 15 heteroatoms. The van der Waals surface area contributed by atoms with Crippen LogP contribution in [0.15, 0.2) is 42.5 Å². The molecule has 6 rings (SSSR count). The molecule has 8 bridgehead atoms. The van der Waals surface area contributed by atoms with Crippen molar-refractivity contribution < 1.29 is 49.1 Å². The first-order valence-electron chi connectivity index (χ1n) is 19.5. The van der Waals surface area contributed by atoms with E-state index in [1.54, 1.807) is 20.1 Å². The van der Waals surface area contributed by atoms with Crippen molar-refractivity contribution in [3.63, 3.8) is 0 Å². The highest BCUT2D eigenvalue weighted by Crippen LogP contribution is 2.44. The number of aliphatic carboxylic acids is 4. The number of carboxylic acids is 4. The Morgan fingerprint density at radius 1 is 0.883 bits per heavy atom. The summed E-state index contributed by atoms with van der Waals surface area (Å²) < 4.78 is 5.33. The molecule has 0 fully saturated rings. The minimum atomic E-state index is -1.89. The highest BCUT2D eigenvalue weighted by atomic mass is 16.5. The third-order valence-electron chi connectivity index (χ3n) is 11.3. The number of H-pyrrole nitrogens is 2. The van der Waals surface area contributed by atoms with Gasteiger partial charge in [0.15, 0.2) is 0 Å². The molecule has 312 valence electrons. The highest BCUT2D eigenvalue weighted by molar-refractivity contribution is 6.24. The summed E-state index contributed by atoms with van der Waals surface area (Å²) in [5.74, 6) is -7.04. The monoisotopic (exact) mass is 816 g/mol. The molecular weight excluding hydrogens is 771 g/mol. The van der Waals surface area contributed by atoms with E-state index in [1.165, 1.54) is 0 Å². The Hall–Kier alpha value is -7.03. The number of ether oxygens (including phenoxy) is 1. The van der Waals surface area contributed by atoms with E-state index >= 15 is 0 Å². The Balaban J connectivity index is 1.72. The number of benzene rings is 1. The van der Waals surface area contributed by atoms with E-state index in [2.05, 4.69) is 15.3 Å². The Bertz CT molecular complexity index is 2650. The maximum Gasteiger partial charge on any atom is 0.338 e. The lowest BCUT2D eigenvalue weighted by molar-refractivity contribution is -0.308. The lowest BCUT2D eigenvalue weighted by Crippen LogP contribution is -2.49. The number of aromatic amines is 2. The predicted octanol–water partition coefficient (Wildman–Crippen LogP) is 5.69. The molecule has 0 unspecified atom stereocenters. The van der Waals surface area contributed by atoms with Crippen LogP contribution in [0.4, 0.5) is 0 Å². The number of hydrogen-bond donors (Lipinski definition) is 6. The maximum atomic E-state index is 13.8. The van der Waals surface area contributed by atoms with E-state index in [4.69, 9.17) is 14.7 Å². The number of amides is 1. The van der Waals surface area contributed by atoms with Gasteiger partial charge < -0.3 is 45.2 Å². The van der Waals surface area contributed by atoms with Crippen molar-refractivity contribution in [2.45, 2.75) is 84.6 Å². The van der Waals surface area contributed by atoms with E-state index in [-0.39, 0.29) is 40.9 Å². The topological polar surface area (TPSA) is 248 Å². The number of aromatic nitrogens is 4. The predicted molar refractivity (Wildman–Crippen MR) is 223 cm³/mol. The van der Waals surface area contributed by atoms with Crippen LogP contribution in [-0.2, 0) is 36.8 Å². The second kappa shape index (κ2) is 17.4. The number of carboxylic acid groups (broad SMARTS) is 4. The molecule has 3 aromatic heterocycles. The molecule has 0 aliphatic carbocycles. The van der Waals surface area contributed by atoms with Crippen molar-refractivity contribution >= 4 is 75.1 Å². The quantitative estimate of drug-likeness (QED) is 0.0898. The SMILES string of the molecule is CCc1c(C)c2cc3[nH]c(cc4nc(c(CC(=O)N[C@@H](CC(=O)O)C(=O)[O-])c5nc(cc1[nH]2)C(C)=C5C(=O)O)[C@@H](CCC(=O)O)[C@@H]4C)c(C)c3/C=C/c1ccc(OC)cc1. The Labute approximate surface area is 344 Å². The van der Waals surface area contributed by atoms with E-state index in [9.17, 15) is 44.4 Å². The minimum absolute atomic E-state index is 0.0391. The van der Waals surface area contributed by atoms with Crippen molar-refractivity contribution in [2.24, 2.45) is 0 Å². The van der Waals surface area contributed by atoms with Crippen molar-refractivity contribution in [2.75, 3.05) is 7.11 Å². The summed E-state index contributed by atoms with van der Waals surface area (Å²) in [5, 5.41) is 43.8. The first-order valence-corrected chi connectivity index (χ1v) is 19.5. The molecule has 2 aliphatic rings. The molecule has 3 atom stereocenters. The normalized spacial score (nSPS) is 15.6. The summed E-state index contributed by atoms with van der Waals surface area (Å²) in [5.41, 5.74) is 8.70. The van der Waals surface area contributed by atoms with E-state index in [1.807, 2.05) is 76.2 Å². The number of rotatable bonds is 14. The fourth-order valence-corrected chi connectivity index (χ4v) is 8.00. The molecule has 4 aromatic rings. The van der Waals surface area contributed by atoms with E-state index < -0.39 is 60.5 Å². The molecule has 6 N–H and O–H groups in total. The van der Waals surface area contributed by atoms with Crippen LogP contribution in [0.5, 0.6) is 5.75 Å². The summed E-state index contributed by atoms with van der Waals surface area (Å²) in [6, 6.07) is 11.4. The Kier molecular flexibility index (Phi) is 12.4. The smallest absolute Gasteiger partial charge is 0.338 e. The van der Waals surface area contributed by atoms with Crippen molar-refractivity contribution in [1.82, 2.24) is 25.3 Å². The second-order valence-corrected chi connectivity index (χ2v) is 15.0. The first kappa shape index (κ1) is 42.6. The fourth-order valence-electron chi connectivity index (χ4n) is 8.00. The van der Waals surface area contributed by atoms with Crippen LogP contribution in [0.1, 0.15) is 108 Å². The van der Waals surface area contributed by atoms with Gasteiger partial charge >= 0.3 is 17.9 Å². The van der Waals surface area contributed by atoms with Crippen LogP contribution < -0.4 is 15.2 Å². The van der Waals surface area contributed by atoms with Gasteiger partial charge in [-0.2, -0.15) is 0 Å². The van der Waals surface area contributed by atoms with Gasteiger partial charge in [-0.25, -0.2) is 9.78 Å². The zero-order valence-corrected chi connectivity index (χ0v) is 34.1. The standard InChI is InChI=1S/C45H47N5O10/c1-7-27-21(2)32-18-36-28(13-10-25-8-11-26(60-6)12-9-25)22(3)31(47-36)17-33-23(4)29(14-15-39(52)53)42(49-33)30(16-38(51)48-37(44(56)57)20-40(54)55)43-41(45(58)59)24(5)34(50-43)19-35(27)46-32/h8-13,17-19,23,29,37,46-47H,7,14-16,20H2,1-6H3,(H,48,51)(H,52,53)(H,54,55)(H,56,57)(H,58,59)/p-1/b13-10+,31-17?,32-18?,33-17?,34-19?,35-19?,36-18?,42-30?,43-30?/t23-,29-,37-/m0/s1. The van der Waals surface area contributed by atoms with Crippen LogP contribution >= 0.6 is 0 Å². The number of carbonyl (C=O) groups excluding carboxylic acids is 2. The fraction of sp³-hybridized carbons (Fsp3) is 0.311. The van der Waals surface area contributed by atoms with E-state index in [0.29, 0.717) is 28.8 Å². The van der Waals surface area contributed by atoms with Gasteiger partial charge in [0.2, 0.25) is 5.91 Å². The molecule has 1 amide bonds. The molecule has 0 radical (unpaired) electrons. The summed E-state index contributed by atoms with van der Waals surface area (Å²) in [6.07, 6.45) is 2.79. The van der Waals surface area contributed by atoms with Crippen LogP contribution in [0.3, 0.4) is 0 Å². The molecule has 0 saturated heterocycles. The highest BCUT2D eigenvalue weighted by Gasteiger charge is 2.36. The molecule has 0 spiro atoms. The van der Waals surface area contributed by atoms with Crippen LogP contribution in [-0.4, -0.2) is 78.2 Å². The average molecular weight is 817 g/mol. The molecular formula is C45H46N5O10-. The number of fused-ring (bicyclic) bond motifs is 8. The summed E-state index contributed by atoms with van der Waals surface area (Å²) in [4.78, 5) is 79.1. The molecule has 1 aromatic carbocycles. The summed E-state index contributed by atoms with van der Waals surface area (Å²) in [7, 11) is 1.61. The van der Waals surface area contributed by atoms with Crippen molar-refractivity contribution in [3.8, 4) is 5.75 Å². The minimum Gasteiger partial charge on any atom is -0.548 e. The Morgan fingerprint density at radius 3 is 2.18 bits per heavy atom. The zero-order valence-electron chi connectivity index (χ0n) is 34.1. The molecule has 15 nitrogen and oxygen atoms in total. The number of hydrogen-bond acceptors (Lipinski definition) is 9.